The Bertz CT molecular complexity index is 1100. The molecule has 0 bridgehead atoms. The smallest absolute Gasteiger partial charge is 0.410 e. The van der Waals surface area contributed by atoms with Gasteiger partial charge >= 0.3 is 6.09 Å². The highest BCUT2D eigenvalue weighted by atomic mass is 16.6. The van der Waals surface area contributed by atoms with Gasteiger partial charge in [0, 0.05) is 50.9 Å². The van der Waals surface area contributed by atoms with Crippen LogP contribution in [0, 0.1) is 0 Å². The van der Waals surface area contributed by atoms with Gasteiger partial charge in [-0.2, -0.15) is 0 Å². The number of ether oxygens (including phenoxy) is 1. The Labute approximate surface area is 189 Å². The molecule has 0 spiro atoms. The third kappa shape index (κ3) is 4.23. The van der Waals surface area contributed by atoms with E-state index in [-0.39, 0.29) is 12.2 Å². The van der Waals surface area contributed by atoms with Gasteiger partial charge in [0.2, 0.25) is 0 Å². The molecule has 0 aliphatic carbocycles. The summed E-state index contributed by atoms with van der Waals surface area (Å²) in [6, 6.07) is 20.7. The number of aromatic amines is 1. The molecule has 0 radical (unpaired) electrons. The third-order valence-electron chi connectivity index (χ3n) is 6.47. The lowest BCUT2D eigenvalue weighted by molar-refractivity contribution is 0.0634. The predicted octanol–water partition coefficient (Wildman–Crippen LogP) is 4.73. The first kappa shape index (κ1) is 20.6. The van der Waals surface area contributed by atoms with Crippen LogP contribution < -0.4 is 0 Å². The molecule has 0 fully saturated rings. The summed E-state index contributed by atoms with van der Waals surface area (Å²) in [6.45, 7) is 5.95. The van der Waals surface area contributed by atoms with Crippen LogP contribution in [0.3, 0.4) is 0 Å². The van der Waals surface area contributed by atoms with Gasteiger partial charge in [-0.05, 0) is 35.6 Å². The van der Waals surface area contributed by atoms with E-state index in [1.165, 1.54) is 16.8 Å². The average molecular weight is 431 g/mol. The number of para-hydroxylation sites is 1. The lowest BCUT2D eigenvalue weighted by Gasteiger charge is -2.42. The third-order valence-corrected chi connectivity index (χ3v) is 6.47. The normalized spacial score (nSPS) is 18.1. The van der Waals surface area contributed by atoms with E-state index in [0.29, 0.717) is 13.1 Å². The van der Waals surface area contributed by atoms with Crippen molar-refractivity contribution in [2.24, 2.45) is 0 Å². The molecule has 6 heteroatoms. The molecule has 1 unspecified atom stereocenters. The summed E-state index contributed by atoms with van der Waals surface area (Å²) in [5, 5.41) is 1.13. The Kier molecular flexibility index (Phi) is 5.62. The second kappa shape index (κ2) is 8.71. The molecule has 0 saturated heterocycles. The minimum atomic E-state index is -0.325. The average Bonchev–Trinajstić information content (AvgIpc) is 3.24. The van der Waals surface area contributed by atoms with Crippen molar-refractivity contribution in [3.63, 3.8) is 0 Å². The van der Waals surface area contributed by atoms with Crippen LogP contribution in [0.25, 0.3) is 10.9 Å². The SMILES string of the molecule is CC(OC(=O)N1CCC2=C(CN(Cc3ccccc3)CN2C)C1)c1cc2ccccc2[nH]1. The van der Waals surface area contributed by atoms with Crippen molar-refractivity contribution < 1.29 is 9.53 Å². The van der Waals surface area contributed by atoms with Crippen LogP contribution in [0.4, 0.5) is 4.79 Å². The number of carbonyl (C=O) groups excluding carboxylic acids is 1. The lowest BCUT2D eigenvalue weighted by atomic mass is 10.0. The van der Waals surface area contributed by atoms with Crippen LogP contribution in [-0.4, -0.2) is 59.1 Å². The van der Waals surface area contributed by atoms with E-state index in [4.69, 9.17) is 4.74 Å². The molecule has 1 atom stereocenters. The molecule has 2 aliphatic rings. The van der Waals surface area contributed by atoms with Crippen LogP contribution in [0.1, 0.15) is 30.7 Å². The molecule has 6 nitrogen and oxygen atoms in total. The molecule has 1 amide bonds. The van der Waals surface area contributed by atoms with E-state index in [1.807, 2.05) is 36.1 Å². The minimum absolute atomic E-state index is 0.245. The molecule has 0 saturated carbocycles. The molecule has 3 heterocycles. The van der Waals surface area contributed by atoms with E-state index in [1.54, 1.807) is 0 Å². The highest BCUT2D eigenvalue weighted by molar-refractivity contribution is 5.80. The van der Waals surface area contributed by atoms with Crippen LogP contribution in [0.2, 0.25) is 0 Å². The summed E-state index contributed by atoms with van der Waals surface area (Å²) in [5.74, 6) is 0. The number of hydrogen-bond acceptors (Lipinski definition) is 4. The Morgan fingerprint density at radius 2 is 1.88 bits per heavy atom. The summed E-state index contributed by atoms with van der Waals surface area (Å²) >= 11 is 0. The summed E-state index contributed by atoms with van der Waals surface area (Å²) in [5.41, 5.74) is 5.98. The van der Waals surface area contributed by atoms with Crippen molar-refractivity contribution in [3.8, 4) is 0 Å². The van der Waals surface area contributed by atoms with Crippen molar-refractivity contribution >= 4 is 17.0 Å². The molecular formula is C26H30N4O2. The molecule has 3 aromatic rings. The van der Waals surface area contributed by atoms with Gasteiger partial charge in [0.1, 0.15) is 6.10 Å². The number of benzene rings is 2. The van der Waals surface area contributed by atoms with Gasteiger partial charge in [-0.3, -0.25) is 4.90 Å². The number of amides is 1. The highest BCUT2D eigenvalue weighted by Gasteiger charge is 2.31. The molecular weight excluding hydrogens is 400 g/mol. The summed E-state index contributed by atoms with van der Waals surface area (Å²) < 4.78 is 5.84. The maximum Gasteiger partial charge on any atom is 0.410 e. The van der Waals surface area contributed by atoms with Crippen molar-refractivity contribution in [1.82, 2.24) is 19.7 Å². The topological polar surface area (TPSA) is 51.8 Å². The van der Waals surface area contributed by atoms with Gasteiger partial charge in [-0.1, -0.05) is 48.5 Å². The first-order valence-corrected chi connectivity index (χ1v) is 11.3. The molecule has 166 valence electrons. The Balaban J connectivity index is 1.23. The monoisotopic (exact) mass is 430 g/mol. The molecule has 5 rings (SSSR count). The number of nitrogens with zero attached hydrogens (tertiary/aromatic N) is 3. The number of hydrogen-bond donors (Lipinski definition) is 1. The molecule has 2 aromatic carbocycles. The maximum absolute atomic E-state index is 13.0. The highest BCUT2D eigenvalue weighted by Crippen LogP contribution is 2.28. The molecule has 1 N–H and O–H groups in total. The zero-order valence-corrected chi connectivity index (χ0v) is 18.8. The van der Waals surface area contributed by atoms with Gasteiger partial charge < -0.3 is 19.5 Å². The summed E-state index contributed by atoms with van der Waals surface area (Å²) in [6.07, 6.45) is 0.306. The fourth-order valence-electron chi connectivity index (χ4n) is 4.83. The van der Waals surface area contributed by atoms with Crippen molar-refractivity contribution in [2.75, 3.05) is 33.4 Å². The van der Waals surface area contributed by atoms with Crippen molar-refractivity contribution in [2.45, 2.75) is 26.0 Å². The van der Waals surface area contributed by atoms with Gasteiger partial charge in [0.05, 0.1) is 12.4 Å². The number of H-pyrrole nitrogens is 1. The number of rotatable bonds is 4. The summed E-state index contributed by atoms with van der Waals surface area (Å²) in [4.78, 5) is 22.9. The first-order chi connectivity index (χ1) is 15.6. The zero-order valence-electron chi connectivity index (χ0n) is 18.8. The number of carbonyl (C=O) groups is 1. The molecule has 2 aliphatic heterocycles. The van der Waals surface area contributed by atoms with E-state index < -0.39 is 0 Å². The zero-order chi connectivity index (χ0) is 22.1. The summed E-state index contributed by atoms with van der Waals surface area (Å²) in [7, 11) is 2.15. The minimum Gasteiger partial charge on any atom is -0.440 e. The number of nitrogens with one attached hydrogen (secondary N) is 1. The Hall–Kier alpha value is -3.25. The predicted molar refractivity (Wildman–Crippen MR) is 126 cm³/mol. The van der Waals surface area contributed by atoms with Crippen LogP contribution in [0.15, 0.2) is 71.9 Å². The quantitative estimate of drug-likeness (QED) is 0.650. The fourth-order valence-corrected chi connectivity index (χ4v) is 4.83. The standard InChI is InChI=1S/C26H30N4O2/c1-19(24-14-21-10-6-7-11-23(21)27-24)32-26(31)30-13-12-25-22(17-30)16-29(18-28(25)2)15-20-8-4-3-5-9-20/h3-11,14,19,27H,12-13,15-18H2,1-2H3. The second-order valence-electron chi connectivity index (χ2n) is 8.87. The lowest BCUT2D eigenvalue weighted by Crippen LogP contribution is -2.48. The van der Waals surface area contributed by atoms with Gasteiger partial charge in [0.15, 0.2) is 0 Å². The molecule has 32 heavy (non-hydrogen) atoms. The van der Waals surface area contributed by atoms with E-state index >= 15 is 0 Å². The number of aromatic nitrogens is 1. The van der Waals surface area contributed by atoms with Crippen LogP contribution in [0.5, 0.6) is 0 Å². The van der Waals surface area contributed by atoms with Gasteiger partial charge in [-0.15, -0.1) is 0 Å². The van der Waals surface area contributed by atoms with E-state index in [9.17, 15) is 4.79 Å². The van der Waals surface area contributed by atoms with Crippen molar-refractivity contribution in [1.29, 1.82) is 0 Å². The Morgan fingerprint density at radius 1 is 1.09 bits per heavy atom. The van der Waals surface area contributed by atoms with Crippen LogP contribution >= 0.6 is 0 Å². The fraction of sp³-hybridized carbons (Fsp3) is 0.346. The number of fused-ring (bicyclic) bond motifs is 1. The molecule has 1 aromatic heterocycles. The maximum atomic E-state index is 13.0. The van der Waals surface area contributed by atoms with Crippen LogP contribution in [-0.2, 0) is 11.3 Å². The first-order valence-electron chi connectivity index (χ1n) is 11.3. The van der Waals surface area contributed by atoms with Gasteiger partial charge in [0.25, 0.3) is 0 Å². The second-order valence-corrected chi connectivity index (χ2v) is 8.87. The van der Waals surface area contributed by atoms with Crippen molar-refractivity contribution in [3.05, 3.63) is 83.2 Å². The largest absolute Gasteiger partial charge is 0.440 e. The van der Waals surface area contributed by atoms with E-state index in [0.717, 1.165) is 42.8 Å². The van der Waals surface area contributed by atoms with E-state index in [2.05, 4.69) is 58.2 Å². The Morgan fingerprint density at radius 3 is 2.69 bits per heavy atom. The van der Waals surface area contributed by atoms with Gasteiger partial charge in [-0.25, -0.2) is 4.79 Å².